The van der Waals surface area contributed by atoms with E-state index in [2.05, 4.69) is 0 Å². The zero-order valence-electron chi connectivity index (χ0n) is 25.6. The molecule has 0 aromatic heterocycles. The summed E-state index contributed by atoms with van der Waals surface area (Å²) in [7, 11) is 3.26. The molecule has 2 amide bonds. The maximum absolute atomic E-state index is 11.6. The number of carbonyl (C=O) groups is 4. The molecule has 0 spiro atoms. The topological polar surface area (TPSA) is 93.2 Å². The van der Waals surface area contributed by atoms with Crippen LogP contribution in [0.25, 0.3) is 0 Å². The molecule has 0 saturated heterocycles. The number of carbonyl (C=O) groups excluding carboxylic acids is 4. The normalized spacial score (nSPS) is 12.4. The molecule has 0 aromatic carbocycles. The van der Waals surface area contributed by atoms with E-state index >= 15 is 0 Å². The highest BCUT2D eigenvalue weighted by Crippen LogP contribution is 2.27. The van der Waals surface area contributed by atoms with E-state index in [4.69, 9.17) is 9.47 Å². The Morgan fingerprint density at radius 1 is 0.575 bits per heavy atom. The van der Waals surface area contributed by atoms with Crippen LogP contribution in [0.4, 0.5) is 0 Å². The third kappa shape index (κ3) is 18.7. The third-order valence-corrected chi connectivity index (χ3v) is 8.64. The first-order valence-corrected chi connectivity index (χ1v) is 16.0. The average molecular weight is 601 g/mol. The molecular formula is C30H52N2O6S2. The molecule has 0 bridgehead atoms. The first kappa shape index (κ1) is 38.4. The quantitative estimate of drug-likeness (QED) is 0.0825. The van der Waals surface area contributed by atoms with Gasteiger partial charge in [-0.15, -0.1) is 0 Å². The van der Waals surface area contributed by atoms with Crippen molar-refractivity contribution in [1.82, 2.24) is 9.80 Å². The SMILES string of the molecule is COCC/C(SC(C)=O)=C(\C)N(C=O)CCCCCCCCCCCCN(C=O)/C(C)=C(/CCOC)SC(C)=O. The molecule has 0 aliphatic carbocycles. The van der Waals surface area contributed by atoms with Gasteiger partial charge in [-0.25, -0.2) is 0 Å². The van der Waals surface area contributed by atoms with Gasteiger partial charge < -0.3 is 19.3 Å². The standard InChI is InChI=1S/C30H52N2O6S2/c1-25(29(17-21-37-5)39-27(3)35)31(23-33)19-15-13-11-9-7-8-10-12-14-16-20-32(24-34)26(2)30(18-22-38-6)40-28(4)36/h23-24H,7-22H2,1-6H3/b29-25-,30-26-. The largest absolute Gasteiger partial charge is 0.384 e. The van der Waals surface area contributed by atoms with Crippen molar-refractivity contribution in [3.8, 4) is 0 Å². The molecule has 0 aliphatic rings. The summed E-state index contributed by atoms with van der Waals surface area (Å²) < 4.78 is 10.3. The van der Waals surface area contributed by atoms with Crippen molar-refractivity contribution in [3.63, 3.8) is 0 Å². The molecule has 0 unspecified atom stereocenters. The molecule has 0 fully saturated rings. The van der Waals surface area contributed by atoms with Crippen molar-refractivity contribution in [2.75, 3.05) is 40.5 Å². The summed E-state index contributed by atoms with van der Waals surface area (Å²) in [5.74, 6) is 0. The maximum atomic E-state index is 11.6. The summed E-state index contributed by atoms with van der Waals surface area (Å²) in [5.41, 5.74) is 1.69. The van der Waals surface area contributed by atoms with Crippen LogP contribution in [-0.2, 0) is 28.7 Å². The van der Waals surface area contributed by atoms with Gasteiger partial charge in [-0.2, -0.15) is 0 Å². The van der Waals surface area contributed by atoms with Gasteiger partial charge in [0.25, 0.3) is 0 Å². The molecule has 0 rings (SSSR count). The first-order chi connectivity index (χ1) is 19.2. The van der Waals surface area contributed by atoms with Crippen LogP contribution >= 0.6 is 23.5 Å². The first-order valence-electron chi connectivity index (χ1n) is 14.4. The molecule has 10 heteroatoms. The minimum atomic E-state index is 0.0131. The number of nitrogens with zero attached hydrogens (tertiary/aromatic N) is 2. The second-order valence-corrected chi connectivity index (χ2v) is 12.4. The Hall–Kier alpha value is -1.62. The van der Waals surface area contributed by atoms with Crippen molar-refractivity contribution in [2.45, 2.75) is 105 Å². The number of ether oxygens (including phenoxy) is 2. The van der Waals surface area contributed by atoms with Crippen molar-refractivity contribution in [3.05, 3.63) is 21.2 Å². The number of allylic oxidation sites excluding steroid dienone is 2. The summed E-state index contributed by atoms with van der Waals surface area (Å²) in [4.78, 5) is 51.7. The monoisotopic (exact) mass is 600 g/mol. The molecule has 0 radical (unpaired) electrons. The van der Waals surface area contributed by atoms with E-state index in [1.54, 1.807) is 24.0 Å². The molecule has 40 heavy (non-hydrogen) atoms. The Kier molecular flexibility index (Phi) is 24.1. The average Bonchev–Trinajstić information content (AvgIpc) is 2.92. The predicted octanol–water partition coefficient (Wildman–Crippen LogP) is 6.90. The second-order valence-electron chi connectivity index (χ2n) is 9.82. The van der Waals surface area contributed by atoms with Gasteiger partial charge in [-0.3, -0.25) is 19.2 Å². The van der Waals surface area contributed by atoms with Crippen LogP contribution in [0.2, 0.25) is 0 Å². The van der Waals surface area contributed by atoms with E-state index in [1.165, 1.54) is 63.1 Å². The number of methoxy groups -OCH3 is 2. The predicted molar refractivity (Wildman–Crippen MR) is 167 cm³/mol. The molecule has 230 valence electrons. The second kappa shape index (κ2) is 25.1. The fourth-order valence-electron chi connectivity index (χ4n) is 4.25. The van der Waals surface area contributed by atoms with E-state index < -0.39 is 0 Å². The van der Waals surface area contributed by atoms with Crippen LogP contribution in [-0.4, -0.2) is 73.4 Å². The van der Waals surface area contributed by atoms with Gasteiger partial charge in [-0.05, 0) is 26.7 Å². The van der Waals surface area contributed by atoms with Gasteiger partial charge in [0.2, 0.25) is 12.8 Å². The van der Waals surface area contributed by atoms with E-state index in [-0.39, 0.29) is 10.2 Å². The number of unbranched alkanes of at least 4 members (excludes halogenated alkanes) is 9. The highest BCUT2D eigenvalue weighted by molar-refractivity contribution is 8.17. The van der Waals surface area contributed by atoms with Crippen LogP contribution in [0.1, 0.15) is 105 Å². The highest BCUT2D eigenvalue weighted by Gasteiger charge is 2.14. The minimum absolute atomic E-state index is 0.0131. The lowest BCUT2D eigenvalue weighted by Gasteiger charge is -2.21. The van der Waals surface area contributed by atoms with Crippen molar-refractivity contribution in [1.29, 1.82) is 0 Å². The van der Waals surface area contributed by atoms with E-state index in [0.717, 1.165) is 72.5 Å². The lowest BCUT2D eigenvalue weighted by atomic mass is 10.1. The van der Waals surface area contributed by atoms with Crippen LogP contribution in [0.15, 0.2) is 21.2 Å². The van der Waals surface area contributed by atoms with Gasteiger partial charge >= 0.3 is 0 Å². The number of rotatable bonds is 25. The summed E-state index contributed by atoms with van der Waals surface area (Å²) in [5, 5.41) is 0.0262. The zero-order chi connectivity index (χ0) is 30.2. The van der Waals surface area contributed by atoms with Gasteiger partial charge in [0, 0.05) is 75.2 Å². The Morgan fingerprint density at radius 3 is 1.12 bits per heavy atom. The van der Waals surface area contributed by atoms with Crippen LogP contribution in [0.3, 0.4) is 0 Å². The molecule has 0 aromatic rings. The van der Waals surface area contributed by atoms with E-state index in [9.17, 15) is 19.2 Å². The van der Waals surface area contributed by atoms with Crippen LogP contribution < -0.4 is 0 Å². The Labute approximate surface area is 251 Å². The Morgan fingerprint density at radius 2 is 0.875 bits per heavy atom. The summed E-state index contributed by atoms with van der Waals surface area (Å²) in [6, 6.07) is 0. The molecular weight excluding hydrogens is 548 g/mol. The van der Waals surface area contributed by atoms with Crippen LogP contribution in [0.5, 0.6) is 0 Å². The lowest BCUT2D eigenvalue weighted by molar-refractivity contribution is -0.117. The minimum Gasteiger partial charge on any atom is -0.384 e. The van der Waals surface area contributed by atoms with Gasteiger partial charge in [-0.1, -0.05) is 74.9 Å². The molecule has 0 atom stereocenters. The van der Waals surface area contributed by atoms with E-state index in [0.29, 0.717) is 39.1 Å². The van der Waals surface area contributed by atoms with Crippen molar-refractivity contribution >= 4 is 46.6 Å². The fraction of sp³-hybridized carbons (Fsp3) is 0.733. The summed E-state index contributed by atoms with van der Waals surface area (Å²) in [6.45, 7) is 9.24. The van der Waals surface area contributed by atoms with Gasteiger partial charge in [0.1, 0.15) is 0 Å². The van der Waals surface area contributed by atoms with Crippen molar-refractivity contribution in [2.24, 2.45) is 0 Å². The van der Waals surface area contributed by atoms with Gasteiger partial charge in [0.15, 0.2) is 10.2 Å². The molecule has 0 aliphatic heterocycles. The van der Waals surface area contributed by atoms with Crippen molar-refractivity contribution < 1.29 is 28.7 Å². The lowest BCUT2D eigenvalue weighted by Crippen LogP contribution is -2.22. The number of hydrogen-bond donors (Lipinski definition) is 0. The van der Waals surface area contributed by atoms with Crippen LogP contribution in [0, 0.1) is 0 Å². The highest BCUT2D eigenvalue weighted by atomic mass is 32.2. The molecule has 0 heterocycles. The van der Waals surface area contributed by atoms with E-state index in [1.807, 2.05) is 13.8 Å². The zero-order valence-corrected chi connectivity index (χ0v) is 27.3. The number of hydrogen-bond acceptors (Lipinski definition) is 8. The molecule has 8 nitrogen and oxygen atoms in total. The molecule has 0 N–H and O–H groups in total. The molecule has 0 saturated carbocycles. The van der Waals surface area contributed by atoms with Gasteiger partial charge in [0.05, 0.1) is 13.2 Å². The summed E-state index contributed by atoms with van der Waals surface area (Å²) >= 11 is 2.37. The number of thioether (sulfide) groups is 2. The fourth-order valence-corrected chi connectivity index (χ4v) is 5.84. The summed E-state index contributed by atoms with van der Waals surface area (Å²) in [6.07, 6.45) is 14.1. The third-order valence-electron chi connectivity index (χ3n) is 6.57. The Balaban J connectivity index is 4.21. The maximum Gasteiger partial charge on any atom is 0.213 e. The Bertz CT molecular complexity index is 750. The smallest absolute Gasteiger partial charge is 0.213 e. The number of amides is 2.